The summed E-state index contributed by atoms with van der Waals surface area (Å²) in [4.78, 5) is 4.66. The molecule has 0 saturated heterocycles. The van der Waals surface area contributed by atoms with Gasteiger partial charge in [-0.2, -0.15) is 13.2 Å². The topological polar surface area (TPSA) is 24.9 Å². The fraction of sp³-hybridized carbons (Fsp3) is 0.308. The Labute approximate surface area is 127 Å². The van der Waals surface area contributed by atoms with Gasteiger partial charge in [-0.15, -0.1) is 11.3 Å². The molecule has 0 spiro atoms. The smallest absolute Gasteiger partial charge is 0.306 e. The average Bonchev–Trinajstić information content (AvgIpc) is 2.81. The first-order chi connectivity index (χ1) is 9.43. The summed E-state index contributed by atoms with van der Waals surface area (Å²) in [7, 11) is 0. The van der Waals surface area contributed by atoms with Crippen LogP contribution in [0.4, 0.5) is 13.2 Å². The van der Waals surface area contributed by atoms with Crippen LogP contribution in [0, 0.1) is 0 Å². The molecule has 0 radical (unpaired) electrons. The van der Waals surface area contributed by atoms with E-state index in [1.165, 1.54) is 23.7 Å². The zero-order valence-electron chi connectivity index (χ0n) is 10.5. The van der Waals surface area contributed by atoms with E-state index in [0.717, 1.165) is 14.7 Å². The minimum Gasteiger partial charge on any atom is -0.306 e. The van der Waals surface area contributed by atoms with Gasteiger partial charge < -0.3 is 5.32 Å². The van der Waals surface area contributed by atoms with Gasteiger partial charge in [0.05, 0.1) is 15.4 Å². The Morgan fingerprint density at radius 1 is 1.35 bits per heavy atom. The molecule has 0 aliphatic rings. The number of aromatic nitrogens is 1. The summed E-state index contributed by atoms with van der Waals surface area (Å²) < 4.78 is 40.2. The molecule has 1 unspecified atom stereocenters. The second-order valence-electron chi connectivity index (χ2n) is 4.09. The van der Waals surface area contributed by atoms with Crippen molar-refractivity contribution < 1.29 is 13.2 Å². The fourth-order valence-electron chi connectivity index (χ4n) is 1.95. The first kappa shape index (κ1) is 15.5. The molecular weight excluding hydrogens is 353 g/mol. The van der Waals surface area contributed by atoms with E-state index in [1.54, 1.807) is 0 Å². The molecule has 108 valence electrons. The van der Waals surface area contributed by atoms with Gasteiger partial charge in [0, 0.05) is 22.8 Å². The molecule has 0 bridgehead atoms. The average molecular weight is 365 g/mol. The summed E-state index contributed by atoms with van der Waals surface area (Å²) in [5, 5.41) is 3.09. The van der Waals surface area contributed by atoms with Crippen molar-refractivity contribution in [1.29, 1.82) is 0 Å². The first-order valence-corrected chi connectivity index (χ1v) is 7.54. The highest BCUT2D eigenvalue weighted by atomic mass is 79.9. The van der Waals surface area contributed by atoms with Crippen LogP contribution in [-0.4, -0.2) is 11.5 Å². The molecule has 0 aliphatic heterocycles. The van der Waals surface area contributed by atoms with E-state index in [4.69, 9.17) is 0 Å². The molecule has 1 N–H and O–H groups in total. The van der Waals surface area contributed by atoms with Crippen LogP contribution in [-0.2, 0) is 6.18 Å². The van der Waals surface area contributed by atoms with Crippen LogP contribution in [0.1, 0.15) is 29.0 Å². The van der Waals surface area contributed by atoms with E-state index in [2.05, 4.69) is 26.2 Å². The minimum absolute atomic E-state index is 0.149. The Kier molecular flexibility index (Phi) is 4.82. The van der Waals surface area contributed by atoms with Gasteiger partial charge in [0.15, 0.2) is 0 Å². The Bertz CT molecular complexity index is 583. The summed E-state index contributed by atoms with van der Waals surface area (Å²) in [5.41, 5.74) is -0.501. The summed E-state index contributed by atoms with van der Waals surface area (Å²) >= 11 is 4.74. The van der Waals surface area contributed by atoms with Gasteiger partial charge >= 0.3 is 6.18 Å². The Morgan fingerprint density at radius 3 is 2.65 bits per heavy atom. The van der Waals surface area contributed by atoms with Gasteiger partial charge in [-0.3, -0.25) is 4.98 Å². The lowest BCUT2D eigenvalue weighted by atomic mass is 10.0. The molecule has 2 nitrogen and oxygen atoms in total. The van der Waals surface area contributed by atoms with E-state index >= 15 is 0 Å². The van der Waals surface area contributed by atoms with E-state index in [9.17, 15) is 13.2 Å². The summed E-state index contributed by atoms with van der Waals surface area (Å²) in [5.74, 6) is 0. The van der Waals surface area contributed by atoms with E-state index < -0.39 is 17.8 Å². The van der Waals surface area contributed by atoms with E-state index in [-0.39, 0.29) is 5.56 Å². The van der Waals surface area contributed by atoms with Gasteiger partial charge in [-0.1, -0.05) is 6.92 Å². The number of rotatable bonds is 4. The molecule has 2 aromatic heterocycles. The maximum atomic E-state index is 13.1. The number of hydrogen-bond donors (Lipinski definition) is 1. The van der Waals surface area contributed by atoms with Crippen LogP contribution < -0.4 is 5.32 Å². The predicted octanol–water partition coefficient (Wildman–Crippen LogP) is 4.62. The molecule has 0 fully saturated rings. The first-order valence-electron chi connectivity index (χ1n) is 5.93. The van der Waals surface area contributed by atoms with Crippen LogP contribution in [0.2, 0.25) is 0 Å². The minimum atomic E-state index is -4.39. The number of nitrogens with zero attached hydrogens (tertiary/aromatic N) is 1. The highest BCUT2D eigenvalue weighted by Gasteiger charge is 2.35. The van der Waals surface area contributed by atoms with Gasteiger partial charge in [0.25, 0.3) is 0 Å². The van der Waals surface area contributed by atoms with Crippen molar-refractivity contribution in [1.82, 2.24) is 10.3 Å². The molecule has 2 rings (SSSR count). The molecule has 2 aromatic rings. The van der Waals surface area contributed by atoms with Gasteiger partial charge in [-0.25, -0.2) is 0 Å². The van der Waals surface area contributed by atoms with Crippen molar-refractivity contribution >= 4 is 27.3 Å². The lowest BCUT2D eigenvalue weighted by Gasteiger charge is -2.21. The Balaban J connectivity index is 2.50. The van der Waals surface area contributed by atoms with Crippen molar-refractivity contribution in [2.24, 2.45) is 0 Å². The maximum Gasteiger partial charge on any atom is 0.416 e. The van der Waals surface area contributed by atoms with Gasteiger partial charge in [0.1, 0.15) is 0 Å². The molecule has 7 heteroatoms. The second kappa shape index (κ2) is 6.24. The highest BCUT2D eigenvalue weighted by Crippen LogP contribution is 2.38. The van der Waals surface area contributed by atoms with Crippen molar-refractivity contribution in [3.05, 3.63) is 50.4 Å². The quantitative estimate of drug-likeness (QED) is 0.855. The van der Waals surface area contributed by atoms with Crippen LogP contribution in [0.5, 0.6) is 0 Å². The molecule has 0 aromatic carbocycles. The lowest BCUT2D eigenvalue weighted by Crippen LogP contribution is -2.24. The van der Waals surface area contributed by atoms with Crippen LogP contribution in [0.25, 0.3) is 0 Å². The number of nitrogens with one attached hydrogen (secondary N) is 1. The zero-order valence-corrected chi connectivity index (χ0v) is 12.9. The molecule has 0 aliphatic carbocycles. The third-order valence-electron chi connectivity index (χ3n) is 2.76. The monoisotopic (exact) mass is 364 g/mol. The standard InChI is InChI=1S/C13H12BrF3N2S/c1-2-19-12(10-3-4-11(14)20-10)8-7-18-6-5-9(8)13(15,16)17/h3-7,12,19H,2H2,1H3. The number of pyridine rings is 1. The third kappa shape index (κ3) is 3.39. The Morgan fingerprint density at radius 2 is 2.10 bits per heavy atom. The highest BCUT2D eigenvalue weighted by molar-refractivity contribution is 9.11. The van der Waals surface area contributed by atoms with Crippen molar-refractivity contribution in [2.45, 2.75) is 19.1 Å². The van der Waals surface area contributed by atoms with E-state index in [1.807, 2.05) is 19.1 Å². The SMILES string of the molecule is CCNC(c1ccc(Br)s1)c1cnccc1C(F)(F)F. The van der Waals surface area contributed by atoms with Crippen LogP contribution in [0.3, 0.4) is 0 Å². The third-order valence-corrected chi connectivity index (χ3v) is 4.44. The molecular formula is C13H12BrF3N2S. The molecule has 0 saturated carbocycles. The van der Waals surface area contributed by atoms with Gasteiger partial charge in [-0.05, 0) is 40.7 Å². The predicted molar refractivity (Wildman–Crippen MR) is 76.8 cm³/mol. The summed E-state index contributed by atoms with van der Waals surface area (Å²) in [6, 6.07) is 4.15. The van der Waals surface area contributed by atoms with Crippen LogP contribution >= 0.6 is 27.3 Å². The molecule has 0 amide bonds. The zero-order chi connectivity index (χ0) is 14.8. The number of halogens is 4. The number of thiophene rings is 1. The second-order valence-corrected chi connectivity index (χ2v) is 6.59. The Hall–Kier alpha value is -0.920. The molecule has 1 atom stereocenters. The van der Waals surface area contributed by atoms with Crippen molar-refractivity contribution in [3.63, 3.8) is 0 Å². The number of alkyl halides is 3. The van der Waals surface area contributed by atoms with Crippen molar-refractivity contribution in [3.8, 4) is 0 Å². The normalized spacial score (nSPS) is 13.4. The van der Waals surface area contributed by atoms with E-state index in [0.29, 0.717) is 6.54 Å². The maximum absolute atomic E-state index is 13.1. The molecule has 2 heterocycles. The van der Waals surface area contributed by atoms with Crippen LogP contribution in [0.15, 0.2) is 34.4 Å². The van der Waals surface area contributed by atoms with Gasteiger partial charge in [0.2, 0.25) is 0 Å². The summed E-state index contributed by atoms with van der Waals surface area (Å²) in [6.07, 6.45) is -1.94. The number of hydrogen-bond acceptors (Lipinski definition) is 3. The van der Waals surface area contributed by atoms with Crippen molar-refractivity contribution in [2.75, 3.05) is 6.54 Å². The molecule has 20 heavy (non-hydrogen) atoms. The fourth-order valence-corrected chi connectivity index (χ4v) is 3.46. The lowest BCUT2D eigenvalue weighted by molar-refractivity contribution is -0.138. The largest absolute Gasteiger partial charge is 0.416 e. The summed E-state index contributed by atoms with van der Waals surface area (Å²) in [6.45, 7) is 2.42.